The average Bonchev–Trinajstić information content (AvgIpc) is 2.54. The molecule has 133 valence electrons. The lowest BCUT2D eigenvalue weighted by molar-refractivity contribution is -0.411. The van der Waals surface area contributed by atoms with Crippen LogP contribution >= 0.6 is 0 Å². The van der Waals surface area contributed by atoms with Gasteiger partial charge in [-0.3, -0.25) is 4.79 Å². The van der Waals surface area contributed by atoms with Gasteiger partial charge in [0.05, 0.1) is 24.3 Å². The third-order valence-electron chi connectivity index (χ3n) is 6.44. The highest BCUT2D eigenvalue weighted by atomic mass is 16.7. The van der Waals surface area contributed by atoms with Crippen molar-refractivity contribution in [1.82, 2.24) is 5.06 Å². The van der Waals surface area contributed by atoms with Crippen LogP contribution in [0.1, 0.15) is 60.8 Å². The van der Waals surface area contributed by atoms with Crippen molar-refractivity contribution in [2.24, 2.45) is 11.3 Å². The molecule has 6 nitrogen and oxygen atoms in total. The molecule has 23 heavy (non-hydrogen) atoms. The van der Waals surface area contributed by atoms with Gasteiger partial charge in [0.25, 0.3) is 0 Å². The van der Waals surface area contributed by atoms with Crippen LogP contribution in [0.4, 0.5) is 0 Å². The first kappa shape index (κ1) is 18.6. The van der Waals surface area contributed by atoms with Crippen LogP contribution in [0.15, 0.2) is 0 Å². The molecule has 0 aliphatic carbocycles. The zero-order chi connectivity index (χ0) is 17.7. The monoisotopic (exact) mass is 328 g/mol. The molecular weight excluding hydrogens is 298 g/mol. The molecule has 0 saturated carbocycles. The van der Waals surface area contributed by atoms with Gasteiger partial charge in [-0.1, -0.05) is 20.8 Å². The zero-order valence-corrected chi connectivity index (χ0v) is 15.1. The minimum atomic E-state index is -1.04. The normalized spacial score (nSPS) is 48.6. The van der Waals surface area contributed by atoms with Gasteiger partial charge in [0.15, 0.2) is 5.79 Å². The van der Waals surface area contributed by atoms with Crippen molar-refractivity contribution in [3.05, 3.63) is 0 Å². The maximum Gasteiger partial charge on any atom is 0.314 e. The summed E-state index contributed by atoms with van der Waals surface area (Å²) < 4.78 is 12.1. The molecule has 2 heterocycles. The highest BCUT2D eigenvalue weighted by Crippen LogP contribution is 2.53. The average molecular weight is 328 g/mol. The van der Waals surface area contributed by atoms with Crippen LogP contribution in [0.5, 0.6) is 0 Å². The number of ether oxygens (including phenoxy) is 2. The topological polar surface area (TPSA) is 78.9 Å². The van der Waals surface area contributed by atoms with Crippen molar-refractivity contribution < 1.29 is 24.6 Å². The van der Waals surface area contributed by atoms with Gasteiger partial charge in [-0.05, 0) is 33.6 Å². The molecule has 2 aliphatic rings. The second-order valence-corrected chi connectivity index (χ2v) is 8.01. The molecule has 1 radical (unpaired) electrons. The second kappa shape index (κ2) is 5.69. The van der Waals surface area contributed by atoms with Crippen LogP contribution in [0, 0.1) is 11.3 Å². The molecule has 0 aromatic carbocycles. The van der Waals surface area contributed by atoms with Gasteiger partial charge in [0.2, 0.25) is 0 Å². The molecule has 6 heteroatoms. The Morgan fingerprint density at radius 3 is 2.09 bits per heavy atom. The fraction of sp³-hybridized carbons (Fsp3) is 0.941. The lowest BCUT2D eigenvalue weighted by Gasteiger charge is -2.61. The number of nitrogens with zero attached hydrogens (tertiary/aromatic N) is 1. The molecule has 2 rings (SSSR count). The minimum Gasteiger partial charge on any atom is -0.481 e. The van der Waals surface area contributed by atoms with Gasteiger partial charge >= 0.3 is 5.97 Å². The number of piperidine rings is 1. The third kappa shape index (κ3) is 2.60. The standard InChI is InChI=1S/C17H30NO5/c1-7-15(5)9-17(12(3)16(6,8-2)18(15)21)22-10-14(4,11-23-17)13(19)20/h12H,7-11H2,1-6H3,(H,19,20). The van der Waals surface area contributed by atoms with E-state index in [-0.39, 0.29) is 19.1 Å². The van der Waals surface area contributed by atoms with E-state index in [1.54, 1.807) is 6.92 Å². The molecule has 1 N–H and O–H groups in total. The molecular formula is C17H30NO5. The summed E-state index contributed by atoms with van der Waals surface area (Å²) in [5, 5.41) is 23.6. The molecule has 3 atom stereocenters. The van der Waals surface area contributed by atoms with E-state index in [1.807, 2.05) is 34.6 Å². The molecule has 1 spiro atoms. The van der Waals surface area contributed by atoms with Crippen LogP contribution in [-0.4, -0.2) is 46.2 Å². The summed E-state index contributed by atoms with van der Waals surface area (Å²) in [6, 6.07) is 0. The SMILES string of the molecule is CCC1(C)CC2(OCC(C)(C(=O)O)CO2)C(C)C(C)(CC)N1[O]. The van der Waals surface area contributed by atoms with Crippen LogP contribution in [0.2, 0.25) is 0 Å². The van der Waals surface area contributed by atoms with E-state index in [1.165, 1.54) is 5.06 Å². The Labute approximate surface area is 138 Å². The van der Waals surface area contributed by atoms with E-state index in [4.69, 9.17) is 9.47 Å². The smallest absolute Gasteiger partial charge is 0.314 e. The van der Waals surface area contributed by atoms with E-state index in [0.29, 0.717) is 19.3 Å². The van der Waals surface area contributed by atoms with Gasteiger partial charge in [0, 0.05) is 12.3 Å². The lowest BCUT2D eigenvalue weighted by Crippen LogP contribution is -2.73. The van der Waals surface area contributed by atoms with E-state index in [9.17, 15) is 15.1 Å². The number of carboxylic acid groups (broad SMARTS) is 1. The highest BCUT2D eigenvalue weighted by molar-refractivity contribution is 5.74. The maximum atomic E-state index is 13.0. The number of rotatable bonds is 3. The number of hydroxylamine groups is 2. The largest absolute Gasteiger partial charge is 0.481 e. The second-order valence-electron chi connectivity index (χ2n) is 8.01. The first-order valence-corrected chi connectivity index (χ1v) is 8.48. The Kier molecular flexibility index (Phi) is 4.61. The number of carboxylic acids is 1. The van der Waals surface area contributed by atoms with Crippen LogP contribution in [0.3, 0.4) is 0 Å². The third-order valence-corrected chi connectivity index (χ3v) is 6.44. The van der Waals surface area contributed by atoms with Crippen LogP contribution < -0.4 is 0 Å². The molecule has 0 bridgehead atoms. The first-order valence-electron chi connectivity index (χ1n) is 8.48. The van der Waals surface area contributed by atoms with Gasteiger partial charge in [-0.2, -0.15) is 0 Å². The summed E-state index contributed by atoms with van der Waals surface area (Å²) >= 11 is 0. The number of hydrogen-bond donors (Lipinski definition) is 1. The fourth-order valence-corrected chi connectivity index (χ4v) is 3.86. The fourth-order valence-electron chi connectivity index (χ4n) is 3.86. The number of carbonyl (C=O) groups is 1. The summed E-state index contributed by atoms with van der Waals surface area (Å²) in [7, 11) is 0. The first-order chi connectivity index (χ1) is 10.5. The van der Waals surface area contributed by atoms with Crippen molar-refractivity contribution in [2.75, 3.05) is 13.2 Å². The number of hydrogen-bond acceptors (Lipinski definition) is 4. The summed E-state index contributed by atoms with van der Waals surface area (Å²) in [5.74, 6) is -1.97. The molecule has 0 aromatic rings. The molecule has 3 unspecified atom stereocenters. The molecule has 0 amide bonds. The summed E-state index contributed by atoms with van der Waals surface area (Å²) in [4.78, 5) is 11.4. The van der Waals surface area contributed by atoms with E-state index < -0.39 is 28.2 Å². The highest BCUT2D eigenvalue weighted by Gasteiger charge is 2.63. The summed E-state index contributed by atoms with van der Waals surface area (Å²) in [5.41, 5.74) is -2.24. The Balaban J connectivity index is 2.37. The Morgan fingerprint density at radius 1 is 1.17 bits per heavy atom. The van der Waals surface area contributed by atoms with Gasteiger partial charge in [-0.25, -0.2) is 0 Å². The van der Waals surface area contributed by atoms with Gasteiger partial charge in [-0.15, -0.1) is 10.3 Å². The van der Waals surface area contributed by atoms with Crippen molar-refractivity contribution in [2.45, 2.75) is 77.7 Å². The predicted molar refractivity (Wildman–Crippen MR) is 84.1 cm³/mol. The molecule has 2 fully saturated rings. The van der Waals surface area contributed by atoms with E-state index in [0.717, 1.165) is 0 Å². The van der Waals surface area contributed by atoms with E-state index >= 15 is 0 Å². The number of aliphatic carboxylic acids is 1. The van der Waals surface area contributed by atoms with Crippen LogP contribution in [-0.2, 0) is 19.5 Å². The minimum absolute atomic E-state index is 0.102. The van der Waals surface area contributed by atoms with Crippen LogP contribution in [0.25, 0.3) is 0 Å². The maximum absolute atomic E-state index is 13.0. The lowest BCUT2D eigenvalue weighted by atomic mass is 9.67. The molecule has 2 saturated heterocycles. The summed E-state index contributed by atoms with van der Waals surface area (Å²) in [6.45, 7) is 11.7. The zero-order valence-electron chi connectivity index (χ0n) is 15.1. The molecule has 0 aromatic heterocycles. The Hall–Kier alpha value is -0.690. The Morgan fingerprint density at radius 2 is 1.70 bits per heavy atom. The van der Waals surface area contributed by atoms with Crippen molar-refractivity contribution in [3.8, 4) is 0 Å². The molecule has 2 aliphatic heterocycles. The van der Waals surface area contributed by atoms with Gasteiger partial charge < -0.3 is 14.6 Å². The van der Waals surface area contributed by atoms with E-state index in [2.05, 4.69) is 0 Å². The quantitative estimate of drug-likeness (QED) is 0.862. The predicted octanol–water partition coefficient (Wildman–Crippen LogP) is 2.85. The van der Waals surface area contributed by atoms with Gasteiger partial charge in [0.1, 0.15) is 5.41 Å². The van der Waals surface area contributed by atoms with Crippen molar-refractivity contribution >= 4 is 5.97 Å². The van der Waals surface area contributed by atoms with Crippen molar-refractivity contribution in [1.29, 1.82) is 0 Å². The summed E-state index contributed by atoms with van der Waals surface area (Å²) in [6.07, 6.45) is 1.81. The van der Waals surface area contributed by atoms with Crippen molar-refractivity contribution in [3.63, 3.8) is 0 Å². The Bertz CT molecular complexity index is 474.